The van der Waals surface area contributed by atoms with Gasteiger partial charge in [0.05, 0.1) is 12.3 Å². The van der Waals surface area contributed by atoms with Crippen molar-refractivity contribution in [2.45, 2.75) is 19.8 Å². The molecular formula is C13H16N2O2. The number of benzene rings is 1. The molecule has 0 aliphatic carbocycles. The maximum absolute atomic E-state index is 5.72. The fraction of sp³-hybridized carbons (Fsp3) is 0.308. The fourth-order valence-corrected chi connectivity index (χ4v) is 1.65. The molecule has 0 radical (unpaired) electrons. The maximum atomic E-state index is 5.72. The molecule has 0 amide bonds. The van der Waals surface area contributed by atoms with Gasteiger partial charge in [-0.1, -0.05) is 30.3 Å². The molecule has 2 aromatic rings. The molecule has 2 N–H and O–H groups in total. The number of para-hydroxylation sites is 1. The topological polar surface area (TPSA) is 61.3 Å². The van der Waals surface area contributed by atoms with Gasteiger partial charge in [0, 0.05) is 12.5 Å². The second-order valence-electron chi connectivity index (χ2n) is 3.78. The van der Waals surface area contributed by atoms with Crippen molar-refractivity contribution in [1.29, 1.82) is 0 Å². The van der Waals surface area contributed by atoms with Crippen molar-refractivity contribution in [2.75, 3.05) is 12.3 Å². The molecule has 2 rings (SSSR count). The molecule has 0 unspecified atom stereocenters. The molecule has 90 valence electrons. The van der Waals surface area contributed by atoms with E-state index in [1.165, 1.54) is 5.56 Å². The first-order chi connectivity index (χ1) is 8.29. The summed E-state index contributed by atoms with van der Waals surface area (Å²) in [6, 6.07) is 9.76. The molecule has 1 aromatic heterocycles. The molecule has 0 bridgehead atoms. The van der Waals surface area contributed by atoms with E-state index >= 15 is 0 Å². The van der Waals surface area contributed by atoms with E-state index < -0.39 is 0 Å². The van der Waals surface area contributed by atoms with Crippen LogP contribution in [0.1, 0.15) is 18.2 Å². The van der Waals surface area contributed by atoms with Crippen molar-refractivity contribution in [1.82, 2.24) is 5.16 Å². The summed E-state index contributed by atoms with van der Waals surface area (Å²) in [6.45, 7) is 2.68. The van der Waals surface area contributed by atoms with Gasteiger partial charge in [0.25, 0.3) is 0 Å². The first kappa shape index (κ1) is 11.5. The van der Waals surface area contributed by atoms with Crippen molar-refractivity contribution >= 4 is 5.88 Å². The number of aryl methyl sites for hydroxylation is 1. The van der Waals surface area contributed by atoms with Gasteiger partial charge in [0.2, 0.25) is 5.88 Å². The lowest BCUT2D eigenvalue weighted by Gasteiger charge is -2.08. The first-order valence-electron chi connectivity index (χ1n) is 5.71. The predicted molar refractivity (Wildman–Crippen MR) is 65.9 cm³/mol. The van der Waals surface area contributed by atoms with Gasteiger partial charge in [-0.15, -0.1) is 0 Å². The Labute approximate surface area is 100 Å². The van der Waals surface area contributed by atoms with Gasteiger partial charge in [0.1, 0.15) is 5.75 Å². The summed E-state index contributed by atoms with van der Waals surface area (Å²) in [5.74, 6) is 1.28. The molecule has 0 saturated heterocycles. The lowest BCUT2D eigenvalue weighted by molar-refractivity contribution is 0.313. The zero-order valence-electron chi connectivity index (χ0n) is 9.85. The molecule has 0 fully saturated rings. The Hall–Kier alpha value is -1.97. The molecule has 0 saturated carbocycles. The van der Waals surface area contributed by atoms with Gasteiger partial charge in [-0.3, -0.25) is 0 Å². The van der Waals surface area contributed by atoms with Crippen LogP contribution in [0.4, 0.5) is 5.88 Å². The van der Waals surface area contributed by atoms with Crippen LogP contribution in [0.5, 0.6) is 5.75 Å². The number of aromatic nitrogens is 1. The van der Waals surface area contributed by atoms with Crippen molar-refractivity contribution in [3.8, 4) is 5.75 Å². The molecule has 1 aromatic carbocycles. The molecule has 0 spiro atoms. The van der Waals surface area contributed by atoms with Crippen LogP contribution in [0.3, 0.4) is 0 Å². The van der Waals surface area contributed by atoms with E-state index in [1.54, 1.807) is 6.07 Å². The summed E-state index contributed by atoms with van der Waals surface area (Å²) in [7, 11) is 0. The molecular weight excluding hydrogens is 216 g/mol. The zero-order chi connectivity index (χ0) is 12.1. The average molecular weight is 232 g/mol. The minimum absolute atomic E-state index is 0.342. The summed E-state index contributed by atoms with van der Waals surface area (Å²) in [4.78, 5) is 0. The van der Waals surface area contributed by atoms with Crippen LogP contribution >= 0.6 is 0 Å². The number of nitrogens with zero attached hydrogens (tertiary/aromatic N) is 1. The summed E-state index contributed by atoms with van der Waals surface area (Å²) < 4.78 is 10.5. The van der Waals surface area contributed by atoms with Gasteiger partial charge in [0.15, 0.2) is 0 Å². The molecule has 0 atom stereocenters. The number of anilines is 1. The van der Waals surface area contributed by atoms with E-state index in [9.17, 15) is 0 Å². The number of rotatable bonds is 5. The van der Waals surface area contributed by atoms with Gasteiger partial charge < -0.3 is 15.0 Å². The van der Waals surface area contributed by atoms with Crippen LogP contribution in [-0.2, 0) is 12.8 Å². The number of hydrogen-bond acceptors (Lipinski definition) is 4. The van der Waals surface area contributed by atoms with E-state index in [2.05, 4.69) is 18.1 Å². The smallest absolute Gasteiger partial charge is 0.222 e. The number of ether oxygens (including phenoxy) is 1. The minimum atomic E-state index is 0.342. The maximum Gasteiger partial charge on any atom is 0.222 e. The number of nitrogens with two attached hydrogens (primary N) is 1. The largest absolute Gasteiger partial charge is 0.493 e. The molecule has 4 heteroatoms. The van der Waals surface area contributed by atoms with Crippen LogP contribution < -0.4 is 10.5 Å². The third kappa shape index (κ3) is 3.00. The standard InChI is InChI=1S/C13H16N2O2/c1-2-10-5-3-4-6-12(10)16-8-7-11-9-13(14)17-15-11/h3-6,9H,2,7-8,14H2,1H3. The zero-order valence-corrected chi connectivity index (χ0v) is 9.85. The molecule has 4 nitrogen and oxygen atoms in total. The fourth-order valence-electron chi connectivity index (χ4n) is 1.65. The Bertz CT molecular complexity index is 480. The van der Waals surface area contributed by atoms with Crippen molar-refractivity contribution in [2.24, 2.45) is 0 Å². The molecule has 1 heterocycles. The highest BCUT2D eigenvalue weighted by Gasteiger charge is 2.03. The van der Waals surface area contributed by atoms with Crippen LogP contribution in [0.15, 0.2) is 34.9 Å². The molecule has 0 aliphatic rings. The van der Waals surface area contributed by atoms with E-state index in [1.807, 2.05) is 18.2 Å². The summed E-state index contributed by atoms with van der Waals surface area (Å²) in [5, 5.41) is 3.81. The second-order valence-corrected chi connectivity index (χ2v) is 3.78. The first-order valence-corrected chi connectivity index (χ1v) is 5.71. The number of nitrogen functional groups attached to an aromatic ring is 1. The SMILES string of the molecule is CCc1ccccc1OCCc1cc(N)on1. The lowest BCUT2D eigenvalue weighted by Crippen LogP contribution is -2.03. The Balaban J connectivity index is 1.89. The van der Waals surface area contributed by atoms with Crippen LogP contribution in [0.2, 0.25) is 0 Å². The van der Waals surface area contributed by atoms with Crippen molar-refractivity contribution in [3.63, 3.8) is 0 Å². The number of hydrogen-bond donors (Lipinski definition) is 1. The lowest BCUT2D eigenvalue weighted by atomic mass is 10.1. The Morgan fingerprint density at radius 2 is 2.18 bits per heavy atom. The highest BCUT2D eigenvalue weighted by molar-refractivity contribution is 5.33. The second kappa shape index (κ2) is 5.39. The van der Waals surface area contributed by atoms with Crippen LogP contribution in [0, 0.1) is 0 Å². The monoisotopic (exact) mass is 232 g/mol. The van der Waals surface area contributed by atoms with Gasteiger partial charge in [-0.2, -0.15) is 0 Å². The summed E-state index contributed by atoms with van der Waals surface area (Å²) >= 11 is 0. The van der Waals surface area contributed by atoms with E-state index in [0.717, 1.165) is 17.9 Å². The van der Waals surface area contributed by atoms with Crippen LogP contribution in [0.25, 0.3) is 0 Å². The van der Waals surface area contributed by atoms with Crippen molar-refractivity contribution in [3.05, 3.63) is 41.6 Å². The van der Waals surface area contributed by atoms with E-state index in [0.29, 0.717) is 18.9 Å². The quantitative estimate of drug-likeness (QED) is 0.860. The Morgan fingerprint density at radius 3 is 2.88 bits per heavy atom. The summed E-state index contributed by atoms with van der Waals surface area (Å²) in [5.41, 5.74) is 7.47. The average Bonchev–Trinajstić information content (AvgIpc) is 2.76. The van der Waals surface area contributed by atoms with Gasteiger partial charge >= 0.3 is 0 Å². The Morgan fingerprint density at radius 1 is 1.35 bits per heavy atom. The van der Waals surface area contributed by atoms with Gasteiger partial charge in [-0.05, 0) is 18.1 Å². The highest BCUT2D eigenvalue weighted by atomic mass is 16.5. The predicted octanol–water partition coefficient (Wildman–Crippen LogP) is 2.44. The third-order valence-electron chi connectivity index (χ3n) is 2.55. The minimum Gasteiger partial charge on any atom is -0.493 e. The molecule has 0 aliphatic heterocycles. The van der Waals surface area contributed by atoms with E-state index in [4.69, 9.17) is 15.0 Å². The molecule has 17 heavy (non-hydrogen) atoms. The highest BCUT2D eigenvalue weighted by Crippen LogP contribution is 2.18. The third-order valence-corrected chi connectivity index (χ3v) is 2.55. The Kier molecular flexibility index (Phi) is 3.65. The van der Waals surface area contributed by atoms with E-state index in [-0.39, 0.29) is 0 Å². The normalized spacial score (nSPS) is 10.4. The van der Waals surface area contributed by atoms with Crippen molar-refractivity contribution < 1.29 is 9.26 Å². The van der Waals surface area contributed by atoms with Crippen LogP contribution in [-0.4, -0.2) is 11.8 Å². The summed E-state index contributed by atoms with van der Waals surface area (Å²) in [6.07, 6.45) is 1.66. The van der Waals surface area contributed by atoms with Gasteiger partial charge in [-0.25, -0.2) is 0 Å².